The maximum atomic E-state index is 5.39. The number of rotatable bonds is 4. The molecule has 0 fully saturated rings. The van der Waals surface area contributed by atoms with Crippen LogP contribution < -0.4 is 11.1 Å². The summed E-state index contributed by atoms with van der Waals surface area (Å²) in [4.78, 5) is 1.18. The van der Waals surface area contributed by atoms with Gasteiger partial charge in [-0.2, -0.15) is 0 Å². The average molecular weight is 234 g/mol. The van der Waals surface area contributed by atoms with E-state index in [1.807, 2.05) is 12.1 Å². The minimum absolute atomic E-state index is 0.591. The third kappa shape index (κ3) is 2.37. The van der Waals surface area contributed by atoms with Gasteiger partial charge in [0, 0.05) is 13.1 Å². The summed E-state index contributed by atoms with van der Waals surface area (Å²) in [5.41, 5.74) is 7.55. The van der Waals surface area contributed by atoms with Gasteiger partial charge in [0.05, 0.1) is 4.88 Å². The Kier molecular flexibility index (Phi) is 3.48. The number of hydrogen-bond acceptors (Lipinski definition) is 5. The zero-order valence-electron chi connectivity index (χ0n) is 9.10. The molecule has 0 saturated heterocycles. The lowest BCUT2D eigenvalue weighted by Crippen LogP contribution is -2.14. The van der Waals surface area contributed by atoms with Gasteiger partial charge in [0.1, 0.15) is 11.5 Å². The van der Waals surface area contributed by atoms with Gasteiger partial charge in [-0.15, -0.1) is 21.5 Å². The van der Waals surface area contributed by atoms with Gasteiger partial charge < -0.3 is 11.1 Å². The maximum Gasteiger partial charge on any atom is 0.148 e. The van der Waals surface area contributed by atoms with Crippen LogP contribution in [0.2, 0.25) is 0 Å². The monoisotopic (exact) mass is 234 g/mol. The predicted molar refractivity (Wildman–Crippen MR) is 67.6 cm³/mol. The number of nitrogens with two attached hydrogens (primary N) is 1. The van der Waals surface area contributed by atoms with E-state index < -0.39 is 0 Å². The molecule has 5 heteroatoms. The summed E-state index contributed by atoms with van der Waals surface area (Å²) in [7, 11) is 0. The summed E-state index contributed by atoms with van der Waals surface area (Å²) < 4.78 is 0. The highest BCUT2D eigenvalue weighted by molar-refractivity contribution is 7.13. The van der Waals surface area contributed by atoms with E-state index >= 15 is 0 Å². The highest BCUT2D eigenvalue weighted by atomic mass is 32.1. The molecule has 4 nitrogen and oxygen atoms in total. The smallest absolute Gasteiger partial charge is 0.148 e. The minimum Gasteiger partial charge on any atom is -0.367 e. The summed E-state index contributed by atoms with van der Waals surface area (Å²) in [6.07, 6.45) is 0. The van der Waals surface area contributed by atoms with E-state index in [4.69, 9.17) is 5.73 Å². The van der Waals surface area contributed by atoms with Crippen molar-refractivity contribution in [3.63, 3.8) is 0 Å². The molecule has 0 atom stereocenters. The van der Waals surface area contributed by atoms with Gasteiger partial charge in [-0.05, 0) is 36.1 Å². The normalized spacial score (nSPS) is 10.4. The quantitative estimate of drug-likeness (QED) is 0.848. The molecule has 0 aliphatic carbocycles. The first-order valence-corrected chi connectivity index (χ1v) is 6.01. The van der Waals surface area contributed by atoms with Crippen molar-refractivity contribution in [1.29, 1.82) is 0 Å². The van der Waals surface area contributed by atoms with Crippen LogP contribution in [0.5, 0.6) is 0 Å². The molecule has 0 aromatic carbocycles. The van der Waals surface area contributed by atoms with E-state index in [0.29, 0.717) is 13.1 Å². The van der Waals surface area contributed by atoms with Crippen molar-refractivity contribution >= 4 is 17.2 Å². The van der Waals surface area contributed by atoms with Crippen LogP contribution in [0.3, 0.4) is 0 Å². The molecule has 0 radical (unpaired) electrons. The fourth-order valence-corrected chi connectivity index (χ4v) is 2.27. The zero-order chi connectivity index (χ0) is 11.4. The molecule has 0 aliphatic rings. The molecule has 2 aromatic heterocycles. The minimum atomic E-state index is 0.591. The highest BCUT2D eigenvalue weighted by Crippen LogP contribution is 2.26. The van der Waals surface area contributed by atoms with Crippen LogP contribution in [0, 0.1) is 6.92 Å². The standard InChI is InChI=1S/C11H14N4S/c1-8-4-7-16-11(8)9-2-3-10(15-14-9)13-6-5-12/h2-4,7H,5-6,12H2,1H3,(H,13,15). The van der Waals surface area contributed by atoms with Gasteiger partial charge >= 0.3 is 0 Å². The van der Waals surface area contributed by atoms with Gasteiger partial charge in [0.25, 0.3) is 0 Å². The Morgan fingerprint density at radius 2 is 2.19 bits per heavy atom. The number of thiophene rings is 1. The van der Waals surface area contributed by atoms with Crippen molar-refractivity contribution in [2.45, 2.75) is 6.92 Å². The van der Waals surface area contributed by atoms with Crippen molar-refractivity contribution in [3.05, 3.63) is 29.1 Å². The van der Waals surface area contributed by atoms with Crippen molar-refractivity contribution in [3.8, 4) is 10.6 Å². The molecular formula is C11H14N4S. The predicted octanol–water partition coefficient (Wildman–Crippen LogP) is 1.88. The number of aromatic nitrogens is 2. The molecule has 0 saturated carbocycles. The summed E-state index contributed by atoms with van der Waals surface area (Å²) in [5, 5.41) is 13.4. The van der Waals surface area contributed by atoms with Crippen LogP contribution in [0.15, 0.2) is 23.6 Å². The molecule has 0 unspecified atom stereocenters. The SMILES string of the molecule is Cc1ccsc1-c1ccc(NCCN)nn1. The fraction of sp³-hybridized carbons (Fsp3) is 0.273. The van der Waals surface area contributed by atoms with Crippen molar-refractivity contribution < 1.29 is 0 Å². The lowest BCUT2D eigenvalue weighted by Gasteiger charge is -2.03. The molecule has 0 amide bonds. The molecule has 84 valence electrons. The van der Waals surface area contributed by atoms with Gasteiger partial charge in [-0.25, -0.2) is 0 Å². The van der Waals surface area contributed by atoms with Crippen LogP contribution in [-0.2, 0) is 0 Å². The number of aryl methyl sites for hydroxylation is 1. The second-order valence-corrected chi connectivity index (χ2v) is 4.37. The molecule has 2 rings (SSSR count). The summed E-state index contributed by atoms with van der Waals surface area (Å²) in [6, 6.07) is 5.99. The van der Waals surface area contributed by atoms with Crippen molar-refractivity contribution in [2.75, 3.05) is 18.4 Å². The van der Waals surface area contributed by atoms with E-state index in [1.165, 1.54) is 10.4 Å². The first kappa shape index (κ1) is 11.0. The second kappa shape index (κ2) is 5.05. The molecule has 0 aliphatic heterocycles. The van der Waals surface area contributed by atoms with Crippen LogP contribution >= 0.6 is 11.3 Å². The fourth-order valence-electron chi connectivity index (χ4n) is 1.38. The van der Waals surface area contributed by atoms with Gasteiger partial charge in [-0.3, -0.25) is 0 Å². The molecule has 0 spiro atoms. The first-order chi connectivity index (χ1) is 7.81. The maximum absolute atomic E-state index is 5.39. The van der Waals surface area contributed by atoms with Gasteiger partial charge in [0.2, 0.25) is 0 Å². The first-order valence-electron chi connectivity index (χ1n) is 5.13. The Hall–Kier alpha value is -1.46. The Morgan fingerprint density at radius 3 is 2.75 bits per heavy atom. The summed E-state index contributed by atoms with van der Waals surface area (Å²) in [5.74, 6) is 0.767. The lowest BCUT2D eigenvalue weighted by molar-refractivity contribution is 0.974. The van der Waals surface area contributed by atoms with E-state index in [2.05, 4.69) is 33.9 Å². The largest absolute Gasteiger partial charge is 0.367 e. The lowest BCUT2D eigenvalue weighted by atomic mass is 10.2. The molecule has 0 bridgehead atoms. The topological polar surface area (TPSA) is 63.8 Å². The third-order valence-corrected chi connectivity index (χ3v) is 3.25. The molecule has 2 heterocycles. The van der Waals surface area contributed by atoms with E-state index in [0.717, 1.165) is 11.5 Å². The number of nitrogens with zero attached hydrogens (tertiary/aromatic N) is 2. The average Bonchev–Trinajstić information content (AvgIpc) is 2.74. The van der Waals surface area contributed by atoms with Crippen LogP contribution in [0.25, 0.3) is 10.6 Å². The number of anilines is 1. The van der Waals surface area contributed by atoms with E-state index in [9.17, 15) is 0 Å². The molecule has 2 aromatic rings. The van der Waals surface area contributed by atoms with Gasteiger partial charge in [-0.1, -0.05) is 0 Å². The summed E-state index contributed by atoms with van der Waals surface area (Å²) in [6.45, 7) is 3.38. The van der Waals surface area contributed by atoms with Crippen LogP contribution in [0.1, 0.15) is 5.56 Å². The number of hydrogen-bond donors (Lipinski definition) is 2. The zero-order valence-corrected chi connectivity index (χ0v) is 9.92. The number of nitrogens with one attached hydrogen (secondary N) is 1. The Balaban J connectivity index is 2.16. The summed E-state index contributed by atoms with van der Waals surface area (Å²) >= 11 is 1.68. The van der Waals surface area contributed by atoms with Crippen molar-refractivity contribution in [2.24, 2.45) is 5.73 Å². The van der Waals surface area contributed by atoms with Crippen molar-refractivity contribution in [1.82, 2.24) is 10.2 Å². The van der Waals surface area contributed by atoms with E-state index in [-0.39, 0.29) is 0 Å². The Bertz CT molecular complexity index is 449. The van der Waals surface area contributed by atoms with Crippen LogP contribution in [-0.4, -0.2) is 23.3 Å². The molecule has 3 N–H and O–H groups in total. The van der Waals surface area contributed by atoms with Crippen LogP contribution in [0.4, 0.5) is 5.82 Å². The molecule has 16 heavy (non-hydrogen) atoms. The van der Waals surface area contributed by atoms with E-state index in [1.54, 1.807) is 11.3 Å². The second-order valence-electron chi connectivity index (χ2n) is 3.45. The third-order valence-electron chi connectivity index (χ3n) is 2.21. The Labute approximate surface area is 98.5 Å². The van der Waals surface area contributed by atoms with Gasteiger partial charge in [0.15, 0.2) is 0 Å². The molecular weight excluding hydrogens is 220 g/mol. The Morgan fingerprint density at radius 1 is 1.31 bits per heavy atom. The highest BCUT2D eigenvalue weighted by Gasteiger charge is 2.05.